The van der Waals surface area contributed by atoms with Gasteiger partial charge in [0.15, 0.2) is 0 Å². The third-order valence-corrected chi connectivity index (χ3v) is 2.93. The van der Waals surface area contributed by atoms with Gasteiger partial charge in [-0.1, -0.05) is 11.6 Å². The Hall–Kier alpha value is -1.36. The van der Waals surface area contributed by atoms with Crippen LogP contribution in [0, 0.1) is 19.3 Å². The number of hydrogen-bond acceptors (Lipinski definition) is 4. The summed E-state index contributed by atoms with van der Waals surface area (Å²) in [5.41, 5.74) is 5.41. The van der Waals surface area contributed by atoms with E-state index in [2.05, 4.69) is 15.3 Å². The number of anilines is 1. The molecule has 17 heavy (non-hydrogen) atoms. The van der Waals surface area contributed by atoms with Crippen LogP contribution in [0.2, 0.25) is 5.15 Å². The standard InChI is InChI=1S/C11H17ClN4O/c1-6-8(12)15-7(2)16-9(6)14-5-11(3,4)10(13)17/h5H2,1-4H3,(H2,13,17)(H,14,15,16). The Kier molecular flexibility index (Phi) is 3.93. The number of primary amides is 1. The number of halogens is 1. The van der Waals surface area contributed by atoms with E-state index in [1.54, 1.807) is 20.8 Å². The van der Waals surface area contributed by atoms with Crippen LogP contribution in [0.15, 0.2) is 0 Å². The van der Waals surface area contributed by atoms with Crippen molar-refractivity contribution in [2.45, 2.75) is 27.7 Å². The van der Waals surface area contributed by atoms with Gasteiger partial charge < -0.3 is 11.1 Å². The number of aromatic nitrogens is 2. The second-order valence-electron chi connectivity index (χ2n) is 4.64. The number of amides is 1. The summed E-state index contributed by atoms with van der Waals surface area (Å²) in [4.78, 5) is 19.5. The van der Waals surface area contributed by atoms with Crippen LogP contribution in [0.4, 0.5) is 5.82 Å². The third-order valence-electron chi connectivity index (χ3n) is 2.56. The number of carbonyl (C=O) groups excluding carboxylic acids is 1. The zero-order valence-corrected chi connectivity index (χ0v) is 11.2. The van der Waals surface area contributed by atoms with E-state index >= 15 is 0 Å². The van der Waals surface area contributed by atoms with Crippen LogP contribution in [0.25, 0.3) is 0 Å². The molecule has 0 atom stereocenters. The van der Waals surface area contributed by atoms with E-state index in [1.807, 2.05) is 6.92 Å². The van der Waals surface area contributed by atoms with Gasteiger partial charge >= 0.3 is 0 Å². The van der Waals surface area contributed by atoms with Gasteiger partial charge in [0.25, 0.3) is 0 Å². The number of aryl methyl sites for hydroxylation is 1. The molecule has 1 aromatic heterocycles. The van der Waals surface area contributed by atoms with Crippen molar-refractivity contribution in [2.24, 2.45) is 11.1 Å². The van der Waals surface area contributed by atoms with Crippen LogP contribution in [-0.2, 0) is 4.79 Å². The molecule has 0 aromatic carbocycles. The lowest BCUT2D eigenvalue weighted by molar-refractivity contribution is -0.125. The number of nitrogens with one attached hydrogen (secondary N) is 1. The smallest absolute Gasteiger partial charge is 0.224 e. The Morgan fingerprint density at radius 3 is 2.53 bits per heavy atom. The summed E-state index contributed by atoms with van der Waals surface area (Å²) < 4.78 is 0. The lowest BCUT2D eigenvalue weighted by Crippen LogP contribution is -2.37. The summed E-state index contributed by atoms with van der Waals surface area (Å²) in [6.45, 7) is 7.52. The van der Waals surface area contributed by atoms with E-state index < -0.39 is 5.41 Å². The SMILES string of the molecule is Cc1nc(Cl)c(C)c(NCC(C)(C)C(N)=O)n1. The van der Waals surface area contributed by atoms with E-state index in [0.29, 0.717) is 23.3 Å². The van der Waals surface area contributed by atoms with Crippen molar-refractivity contribution in [3.05, 3.63) is 16.5 Å². The summed E-state index contributed by atoms with van der Waals surface area (Å²) in [5, 5.41) is 3.49. The van der Waals surface area contributed by atoms with Crippen LogP contribution in [0.5, 0.6) is 0 Å². The van der Waals surface area contributed by atoms with Crippen molar-refractivity contribution in [1.82, 2.24) is 9.97 Å². The van der Waals surface area contributed by atoms with Crippen molar-refractivity contribution in [3.63, 3.8) is 0 Å². The highest BCUT2D eigenvalue weighted by Gasteiger charge is 2.25. The molecule has 0 fully saturated rings. The average molecular weight is 257 g/mol. The van der Waals surface area contributed by atoms with Crippen LogP contribution in [0.1, 0.15) is 25.2 Å². The first-order chi connectivity index (χ1) is 7.74. The molecule has 0 unspecified atom stereocenters. The lowest BCUT2D eigenvalue weighted by atomic mass is 9.93. The van der Waals surface area contributed by atoms with Crippen LogP contribution < -0.4 is 11.1 Å². The summed E-state index contributed by atoms with van der Waals surface area (Å²) in [6.07, 6.45) is 0. The molecule has 5 nitrogen and oxygen atoms in total. The molecular weight excluding hydrogens is 240 g/mol. The van der Waals surface area contributed by atoms with E-state index in [1.165, 1.54) is 0 Å². The molecule has 0 aliphatic carbocycles. The van der Waals surface area contributed by atoms with E-state index in [-0.39, 0.29) is 5.91 Å². The van der Waals surface area contributed by atoms with Crippen molar-refractivity contribution in [2.75, 3.05) is 11.9 Å². The number of nitrogens with two attached hydrogens (primary N) is 1. The Labute approximate surface area is 106 Å². The van der Waals surface area contributed by atoms with Crippen molar-refractivity contribution >= 4 is 23.3 Å². The predicted molar refractivity (Wildman–Crippen MR) is 68.0 cm³/mol. The predicted octanol–water partition coefficient (Wildman–Crippen LogP) is 1.67. The first-order valence-electron chi connectivity index (χ1n) is 5.28. The number of nitrogens with zero attached hydrogens (tertiary/aromatic N) is 2. The normalized spacial score (nSPS) is 11.4. The second-order valence-corrected chi connectivity index (χ2v) is 4.99. The molecule has 6 heteroatoms. The zero-order chi connectivity index (χ0) is 13.2. The number of hydrogen-bond donors (Lipinski definition) is 2. The molecule has 0 aliphatic heterocycles. The van der Waals surface area contributed by atoms with Gasteiger partial charge in [-0.15, -0.1) is 0 Å². The summed E-state index contributed by atoms with van der Waals surface area (Å²) >= 11 is 5.95. The fourth-order valence-electron chi connectivity index (χ4n) is 1.16. The number of carbonyl (C=O) groups is 1. The van der Waals surface area contributed by atoms with Gasteiger partial charge in [0.1, 0.15) is 16.8 Å². The molecule has 1 aromatic rings. The van der Waals surface area contributed by atoms with Crippen LogP contribution in [-0.4, -0.2) is 22.4 Å². The Morgan fingerprint density at radius 2 is 2.00 bits per heavy atom. The molecule has 94 valence electrons. The second kappa shape index (κ2) is 4.87. The van der Waals surface area contributed by atoms with Gasteiger partial charge in [0, 0.05) is 12.1 Å². The highest BCUT2D eigenvalue weighted by molar-refractivity contribution is 6.30. The van der Waals surface area contributed by atoms with Gasteiger partial charge in [0.05, 0.1) is 5.41 Å². The monoisotopic (exact) mass is 256 g/mol. The van der Waals surface area contributed by atoms with E-state index in [4.69, 9.17) is 17.3 Å². The zero-order valence-electron chi connectivity index (χ0n) is 10.5. The molecule has 1 rings (SSSR count). The maximum Gasteiger partial charge on any atom is 0.224 e. The first-order valence-corrected chi connectivity index (χ1v) is 5.66. The Bertz CT molecular complexity index is 445. The van der Waals surface area contributed by atoms with Crippen molar-refractivity contribution in [1.29, 1.82) is 0 Å². The molecule has 0 radical (unpaired) electrons. The minimum Gasteiger partial charge on any atom is -0.369 e. The fraction of sp³-hybridized carbons (Fsp3) is 0.545. The maximum absolute atomic E-state index is 11.2. The van der Waals surface area contributed by atoms with Crippen LogP contribution >= 0.6 is 11.6 Å². The largest absolute Gasteiger partial charge is 0.369 e. The highest BCUT2D eigenvalue weighted by Crippen LogP contribution is 2.21. The molecule has 3 N–H and O–H groups in total. The maximum atomic E-state index is 11.2. The first kappa shape index (κ1) is 13.7. The summed E-state index contributed by atoms with van der Waals surface area (Å²) in [7, 11) is 0. The van der Waals surface area contributed by atoms with Crippen molar-refractivity contribution < 1.29 is 4.79 Å². The summed E-state index contributed by atoms with van der Waals surface area (Å²) in [6, 6.07) is 0. The van der Waals surface area contributed by atoms with Crippen molar-refractivity contribution in [3.8, 4) is 0 Å². The average Bonchev–Trinajstić information content (AvgIpc) is 2.21. The minimum atomic E-state index is -0.641. The van der Waals surface area contributed by atoms with E-state index in [9.17, 15) is 4.79 Å². The Balaban J connectivity index is 2.87. The fourth-order valence-corrected chi connectivity index (χ4v) is 1.37. The van der Waals surface area contributed by atoms with E-state index in [0.717, 1.165) is 5.56 Å². The molecule has 0 bridgehead atoms. The third kappa shape index (κ3) is 3.30. The van der Waals surface area contributed by atoms with Gasteiger partial charge in [-0.05, 0) is 27.7 Å². The van der Waals surface area contributed by atoms with Gasteiger partial charge in [0.2, 0.25) is 5.91 Å². The van der Waals surface area contributed by atoms with Gasteiger partial charge in [-0.2, -0.15) is 0 Å². The molecule has 0 saturated carbocycles. The highest BCUT2D eigenvalue weighted by atomic mass is 35.5. The quantitative estimate of drug-likeness (QED) is 0.803. The molecule has 1 amide bonds. The molecule has 1 heterocycles. The Morgan fingerprint density at radius 1 is 1.41 bits per heavy atom. The van der Waals surface area contributed by atoms with Gasteiger partial charge in [-0.3, -0.25) is 4.79 Å². The minimum absolute atomic E-state index is 0.362. The lowest BCUT2D eigenvalue weighted by Gasteiger charge is -2.21. The van der Waals surface area contributed by atoms with Gasteiger partial charge in [-0.25, -0.2) is 9.97 Å². The molecule has 0 saturated heterocycles. The molecule has 0 spiro atoms. The molecule has 0 aliphatic rings. The summed E-state index contributed by atoms with van der Waals surface area (Å²) in [5.74, 6) is 0.858. The number of rotatable bonds is 4. The van der Waals surface area contributed by atoms with Crippen LogP contribution in [0.3, 0.4) is 0 Å². The molecular formula is C11H17ClN4O. The topological polar surface area (TPSA) is 80.9 Å².